The zero-order valence-electron chi connectivity index (χ0n) is 11.7. The van der Waals surface area contributed by atoms with Gasteiger partial charge in [-0.05, 0) is 24.3 Å². The number of hydrogen-bond donors (Lipinski definition) is 0. The molecule has 106 valence electrons. The van der Waals surface area contributed by atoms with Crippen LogP contribution in [-0.2, 0) is 7.05 Å². The summed E-state index contributed by atoms with van der Waals surface area (Å²) in [5.41, 5.74) is 2.15. The van der Waals surface area contributed by atoms with Crippen LogP contribution in [0.4, 0.5) is 0 Å². The standard InChI is InChI=1S/C16H14N2O3/c1-18-10-17-13-9-11(7-8-14(13)18)21-16(19)12-5-3-4-6-15(12)20-2/h3-10H,1-2H3. The van der Waals surface area contributed by atoms with Gasteiger partial charge in [-0.1, -0.05) is 12.1 Å². The van der Waals surface area contributed by atoms with Gasteiger partial charge in [0.2, 0.25) is 0 Å². The molecule has 0 amide bonds. The second kappa shape index (κ2) is 5.28. The fourth-order valence-corrected chi connectivity index (χ4v) is 2.15. The van der Waals surface area contributed by atoms with Crippen LogP contribution in [0.15, 0.2) is 48.8 Å². The van der Waals surface area contributed by atoms with Crippen LogP contribution in [0.25, 0.3) is 11.0 Å². The lowest BCUT2D eigenvalue weighted by Crippen LogP contribution is -2.10. The van der Waals surface area contributed by atoms with Crippen LogP contribution in [0, 0.1) is 0 Å². The smallest absolute Gasteiger partial charge is 0.347 e. The molecule has 0 unspecified atom stereocenters. The zero-order chi connectivity index (χ0) is 14.8. The summed E-state index contributed by atoms with van der Waals surface area (Å²) in [5, 5.41) is 0. The van der Waals surface area contributed by atoms with E-state index in [-0.39, 0.29) is 0 Å². The van der Waals surface area contributed by atoms with E-state index in [1.54, 1.807) is 42.7 Å². The first-order valence-corrected chi connectivity index (χ1v) is 6.45. The third-order valence-electron chi connectivity index (χ3n) is 3.23. The number of carbonyl (C=O) groups is 1. The number of aryl methyl sites for hydroxylation is 1. The molecule has 0 N–H and O–H groups in total. The third-order valence-corrected chi connectivity index (χ3v) is 3.23. The molecule has 0 aliphatic carbocycles. The molecule has 0 bridgehead atoms. The fraction of sp³-hybridized carbons (Fsp3) is 0.125. The summed E-state index contributed by atoms with van der Waals surface area (Å²) in [6, 6.07) is 12.3. The van der Waals surface area contributed by atoms with E-state index in [0.29, 0.717) is 17.1 Å². The quantitative estimate of drug-likeness (QED) is 0.547. The molecule has 3 aromatic rings. The Balaban J connectivity index is 1.89. The number of imidazole rings is 1. The molecule has 0 aliphatic heterocycles. The van der Waals surface area contributed by atoms with Crippen molar-refractivity contribution < 1.29 is 14.3 Å². The third kappa shape index (κ3) is 2.45. The highest BCUT2D eigenvalue weighted by molar-refractivity contribution is 5.94. The average Bonchev–Trinajstić information content (AvgIpc) is 2.88. The topological polar surface area (TPSA) is 53.4 Å². The first-order chi connectivity index (χ1) is 10.2. The van der Waals surface area contributed by atoms with E-state index in [0.717, 1.165) is 11.0 Å². The van der Waals surface area contributed by atoms with Gasteiger partial charge in [0.1, 0.15) is 17.1 Å². The number of para-hydroxylation sites is 1. The number of fused-ring (bicyclic) bond motifs is 1. The highest BCUT2D eigenvalue weighted by Crippen LogP contribution is 2.23. The van der Waals surface area contributed by atoms with Crippen molar-refractivity contribution in [3.8, 4) is 11.5 Å². The number of aromatic nitrogens is 2. The molecule has 0 saturated heterocycles. The number of esters is 1. The Bertz CT molecular complexity index is 808. The molecule has 0 saturated carbocycles. The minimum atomic E-state index is -0.456. The lowest BCUT2D eigenvalue weighted by molar-refractivity contribution is 0.0731. The Morgan fingerprint density at radius 2 is 2.00 bits per heavy atom. The van der Waals surface area contributed by atoms with Crippen molar-refractivity contribution in [2.75, 3.05) is 7.11 Å². The van der Waals surface area contributed by atoms with Gasteiger partial charge in [0.25, 0.3) is 0 Å². The molecule has 0 radical (unpaired) electrons. The summed E-state index contributed by atoms with van der Waals surface area (Å²) >= 11 is 0. The van der Waals surface area contributed by atoms with E-state index in [1.807, 2.05) is 17.7 Å². The van der Waals surface area contributed by atoms with Crippen molar-refractivity contribution in [3.63, 3.8) is 0 Å². The van der Waals surface area contributed by atoms with Crippen LogP contribution >= 0.6 is 0 Å². The molecule has 21 heavy (non-hydrogen) atoms. The number of nitrogens with zero attached hydrogens (tertiary/aromatic N) is 2. The van der Waals surface area contributed by atoms with Crippen LogP contribution in [0.1, 0.15) is 10.4 Å². The van der Waals surface area contributed by atoms with Crippen molar-refractivity contribution in [3.05, 3.63) is 54.4 Å². The molecule has 0 spiro atoms. The Morgan fingerprint density at radius 1 is 1.19 bits per heavy atom. The summed E-state index contributed by atoms with van der Waals surface area (Å²) < 4.78 is 12.5. The van der Waals surface area contributed by atoms with Gasteiger partial charge in [-0.2, -0.15) is 0 Å². The predicted octanol–water partition coefficient (Wildman–Crippen LogP) is 2.80. The summed E-state index contributed by atoms with van der Waals surface area (Å²) in [5.74, 6) is 0.487. The highest BCUT2D eigenvalue weighted by Gasteiger charge is 2.14. The van der Waals surface area contributed by atoms with E-state index in [1.165, 1.54) is 7.11 Å². The van der Waals surface area contributed by atoms with Gasteiger partial charge in [0.15, 0.2) is 0 Å². The Morgan fingerprint density at radius 3 is 2.81 bits per heavy atom. The van der Waals surface area contributed by atoms with Gasteiger partial charge in [0, 0.05) is 13.1 Å². The van der Waals surface area contributed by atoms with Gasteiger partial charge in [-0.15, -0.1) is 0 Å². The van der Waals surface area contributed by atoms with Gasteiger partial charge in [0.05, 0.1) is 24.5 Å². The SMILES string of the molecule is COc1ccccc1C(=O)Oc1ccc2c(c1)ncn2C. The maximum atomic E-state index is 12.2. The second-order valence-corrected chi connectivity index (χ2v) is 4.60. The van der Waals surface area contributed by atoms with Crippen molar-refractivity contribution in [1.29, 1.82) is 0 Å². The fourth-order valence-electron chi connectivity index (χ4n) is 2.15. The van der Waals surface area contributed by atoms with Crippen LogP contribution in [0.5, 0.6) is 11.5 Å². The minimum absolute atomic E-state index is 0.390. The molecular weight excluding hydrogens is 268 g/mol. The van der Waals surface area contributed by atoms with Crippen LogP contribution < -0.4 is 9.47 Å². The number of rotatable bonds is 3. The Hall–Kier alpha value is -2.82. The molecular formula is C16H14N2O3. The molecule has 3 rings (SSSR count). The summed E-state index contributed by atoms with van der Waals surface area (Å²) in [4.78, 5) is 16.4. The van der Waals surface area contributed by atoms with E-state index in [9.17, 15) is 4.79 Å². The molecule has 0 fully saturated rings. The van der Waals surface area contributed by atoms with E-state index >= 15 is 0 Å². The van der Waals surface area contributed by atoms with Crippen molar-refractivity contribution in [2.24, 2.45) is 7.05 Å². The molecule has 5 heteroatoms. The average molecular weight is 282 g/mol. The number of carbonyl (C=O) groups excluding carboxylic acids is 1. The van der Waals surface area contributed by atoms with Crippen molar-refractivity contribution >= 4 is 17.0 Å². The van der Waals surface area contributed by atoms with Gasteiger partial charge in [-0.3, -0.25) is 0 Å². The summed E-state index contributed by atoms with van der Waals surface area (Å²) in [7, 11) is 3.43. The highest BCUT2D eigenvalue weighted by atomic mass is 16.5. The number of benzene rings is 2. The van der Waals surface area contributed by atoms with E-state index in [2.05, 4.69) is 4.98 Å². The van der Waals surface area contributed by atoms with Crippen LogP contribution in [0.2, 0.25) is 0 Å². The van der Waals surface area contributed by atoms with E-state index < -0.39 is 5.97 Å². The Labute approximate surface area is 121 Å². The predicted molar refractivity (Wildman–Crippen MR) is 78.7 cm³/mol. The normalized spacial score (nSPS) is 10.6. The number of ether oxygens (including phenoxy) is 2. The maximum Gasteiger partial charge on any atom is 0.347 e. The molecule has 0 atom stereocenters. The lowest BCUT2D eigenvalue weighted by Gasteiger charge is -2.08. The van der Waals surface area contributed by atoms with Crippen molar-refractivity contribution in [1.82, 2.24) is 9.55 Å². The molecule has 2 aromatic carbocycles. The van der Waals surface area contributed by atoms with E-state index in [4.69, 9.17) is 9.47 Å². The summed E-state index contributed by atoms with van der Waals surface area (Å²) in [6.07, 6.45) is 1.72. The number of hydrogen-bond acceptors (Lipinski definition) is 4. The van der Waals surface area contributed by atoms with Gasteiger partial charge >= 0.3 is 5.97 Å². The largest absolute Gasteiger partial charge is 0.496 e. The van der Waals surface area contributed by atoms with Crippen molar-refractivity contribution in [2.45, 2.75) is 0 Å². The molecule has 1 aromatic heterocycles. The first-order valence-electron chi connectivity index (χ1n) is 6.45. The first kappa shape index (κ1) is 13.2. The summed E-state index contributed by atoms with van der Waals surface area (Å²) in [6.45, 7) is 0. The molecule has 1 heterocycles. The number of methoxy groups -OCH3 is 1. The van der Waals surface area contributed by atoms with Gasteiger partial charge in [-0.25, -0.2) is 9.78 Å². The molecule has 0 aliphatic rings. The molecule has 5 nitrogen and oxygen atoms in total. The Kier molecular flexibility index (Phi) is 3.31. The lowest BCUT2D eigenvalue weighted by atomic mass is 10.2. The second-order valence-electron chi connectivity index (χ2n) is 4.60. The van der Waals surface area contributed by atoms with Crippen LogP contribution in [-0.4, -0.2) is 22.6 Å². The van der Waals surface area contributed by atoms with Gasteiger partial charge < -0.3 is 14.0 Å². The van der Waals surface area contributed by atoms with Crippen LogP contribution in [0.3, 0.4) is 0 Å². The monoisotopic (exact) mass is 282 g/mol. The maximum absolute atomic E-state index is 12.2. The minimum Gasteiger partial charge on any atom is -0.496 e. The zero-order valence-corrected chi connectivity index (χ0v) is 11.7.